The number of aromatic amines is 1. The molecule has 0 amide bonds. The number of benzene rings is 1. The topological polar surface area (TPSA) is 40.7 Å². The average Bonchev–Trinajstić information content (AvgIpc) is 2.67. The predicted molar refractivity (Wildman–Crippen MR) is 69.5 cm³/mol. The van der Waals surface area contributed by atoms with Crippen molar-refractivity contribution >= 4 is 27.5 Å². The number of halogens is 2. The van der Waals surface area contributed by atoms with Gasteiger partial charge >= 0.3 is 0 Å². The molecule has 0 bridgehead atoms. The third-order valence-corrected chi connectivity index (χ3v) is 3.09. The van der Waals surface area contributed by atoms with E-state index in [1.807, 2.05) is 31.4 Å². The molecular weight excluding hydrogens is 289 g/mol. The molecule has 0 aliphatic carbocycles. The fraction of sp³-hybridized carbons (Fsp3) is 0.182. The van der Waals surface area contributed by atoms with Gasteiger partial charge in [-0.05, 0) is 19.2 Å². The Bertz CT molecular complexity index is 496. The van der Waals surface area contributed by atoms with Crippen LogP contribution >= 0.6 is 27.5 Å². The molecule has 0 spiro atoms. The van der Waals surface area contributed by atoms with E-state index in [1.54, 1.807) is 0 Å². The summed E-state index contributed by atoms with van der Waals surface area (Å²) in [5.41, 5.74) is 3.03. The molecule has 0 aliphatic rings. The Kier molecular flexibility index (Phi) is 3.63. The maximum Gasteiger partial charge on any atom is 0.0710 e. The van der Waals surface area contributed by atoms with Gasteiger partial charge in [-0.25, -0.2) is 0 Å². The molecule has 2 N–H and O–H groups in total. The van der Waals surface area contributed by atoms with Crippen molar-refractivity contribution in [1.82, 2.24) is 15.5 Å². The molecule has 0 saturated carbocycles. The fourth-order valence-electron chi connectivity index (χ4n) is 1.56. The quantitative estimate of drug-likeness (QED) is 0.914. The first-order chi connectivity index (χ1) is 7.72. The van der Waals surface area contributed by atoms with E-state index in [1.165, 1.54) is 0 Å². The van der Waals surface area contributed by atoms with E-state index in [0.29, 0.717) is 5.02 Å². The smallest absolute Gasteiger partial charge is 0.0710 e. The summed E-state index contributed by atoms with van der Waals surface area (Å²) in [6.07, 6.45) is 1.81. The van der Waals surface area contributed by atoms with Gasteiger partial charge in [-0.15, -0.1) is 0 Å². The Morgan fingerprint density at radius 3 is 3.00 bits per heavy atom. The fourth-order valence-corrected chi connectivity index (χ4v) is 2.33. The van der Waals surface area contributed by atoms with Gasteiger partial charge in [-0.1, -0.05) is 33.6 Å². The van der Waals surface area contributed by atoms with Gasteiger partial charge < -0.3 is 5.32 Å². The zero-order valence-corrected chi connectivity index (χ0v) is 11.1. The maximum atomic E-state index is 6.19. The Labute approximate surface area is 107 Å². The summed E-state index contributed by atoms with van der Waals surface area (Å²) in [4.78, 5) is 0. The highest BCUT2D eigenvalue weighted by molar-refractivity contribution is 9.10. The third kappa shape index (κ3) is 2.29. The number of nitrogens with one attached hydrogen (secondary N) is 2. The molecule has 1 heterocycles. The van der Waals surface area contributed by atoms with Crippen molar-refractivity contribution in [2.45, 2.75) is 6.54 Å². The number of hydrogen-bond acceptors (Lipinski definition) is 2. The van der Waals surface area contributed by atoms with Crippen LogP contribution in [-0.2, 0) is 6.54 Å². The van der Waals surface area contributed by atoms with Crippen molar-refractivity contribution in [3.63, 3.8) is 0 Å². The molecule has 0 fully saturated rings. The molecule has 0 saturated heterocycles. The van der Waals surface area contributed by atoms with Crippen LogP contribution in [-0.4, -0.2) is 17.2 Å². The molecule has 5 heteroatoms. The largest absolute Gasteiger partial charge is 0.316 e. The lowest BCUT2D eigenvalue weighted by Crippen LogP contribution is -2.05. The molecule has 1 aromatic heterocycles. The first-order valence-electron chi connectivity index (χ1n) is 4.84. The molecule has 84 valence electrons. The van der Waals surface area contributed by atoms with E-state index < -0.39 is 0 Å². The number of H-pyrrole nitrogens is 1. The highest BCUT2D eigenvalue weighted by atomic mass is 79.9. The molecular formula is C11H11BrClN3. The molecule has 1 aromatic carbocycles. The third-order valence-electron chi connectivity index (χ3n) is 2.29. The highest BCUT2D eigenvalue weighted by Crippen LogP contribution is 2.30. The monoisotopic (exact) mass is 299 g/mol. The van der Waals surface area contributed by atoms with E-state index in [4.69, 9.17) is 11.6 Å². The second kappa shape index (κ2) is 4.99. The Morgan fingerprint density at radius 2 is 2.31 bits per heavy atom. The second-order valence-electron chi connectivity index (χ2n) is 3.42. The summed E-state index contributed by atoms with van der Waals surface area (Å²) in [7, 11) is 1.90. The normalized spacial score (nSPS) is 10.7. The Balaban J connectivity index is 2.46. The van der Waals surface area contributed by atoms with Crippen LogP contribution in [0.25, 0.3) is 11.3 Å². The number of aromatic nitrogens is 2. The van der Waals surface area contributed by atoms with Crippen molar-refractivity contribution in [3.05, 3.63) is 39.5 Å². The van der Waals surface area contributed by atoms with E-state index in [9.17, 15) is 0 Å². The van der Waals surface area contributed by atoms with Crippen molar-refractivity contribution in [2.75, 3.05) is 7.05 Å². The van der Waals surface area contributed by atoms with Crippen molar-refractivity contribution < 1.29 is 0 Å². The van der Waals surface area contributed by atoms with E-state index >= 15 is 0 Å². The van der Waals surface area contributed by atoms with Crippen LogP contribution in [0, 0.1) is 0 Å². The van der Waals surface area contributed by atoms with E-state index in [2.05, 4.69) is 31.4 Å². The molecule has 0 atom stereocenters. The standard InChI is InChI=1S/C11H11BrClN3/c1-14-5-7-6-15-16-11(7)9-3-2-8(12)4-10(9)13/h2-4,6,14H,5H2,1H3,(H,15,16). The van der Waals surface area contributed by atoms with Gasteiger partial charge in [0.25, 0.3) is 0 Å². The van der Waals surface area contributed by atoms with Crippen LogP contribution < -0.4 is 5.32 Å². The predicted octanol–water partition coefficient (Wildman–Crippen LogP) is 3.21. The molecule has 0 aliphatic heterocycles. The van der Waals surface area contributed by atoms with Crippen molar-refractivity contribution in [1.29, 1.82) is 0 Å². The molecule has 2 aromatic rings. The van der Waals surface area contributed by atoms with Gasteiger partial charge in [0.15, 0.2) is 0 Å². The molecule has 3 nitrogen and oxygen atoms in total. The van der Waals surface area contributed by atoms with Crippen LogP contribution in [0.1, 0.15) is 5.56 Å². The summed E-state index contributed by atoms with van der Waals surface area (Å²) in [6.45, 7) is 0.762. The Morgan fingerprint density at radius 1 is 1.50 bits per heavy atom. The number of rotatable bonds is 3. The van der Waals surface area contributed by atoms with Gasteiger partial charge in [0.05, 0.1) is 16.9 Å². The van der Waals surface area contributed by atoms with Gasteiger partial charge in [0.2, 0.25) is 0 Å². The SMILES string of the molecule is CNCc1cn[nH]c1-c1ccc(Br)cc1Cl. The van der Waals surface area contributed by atoms with Crippen LogP contribution in [0.2, 0.25) is 5.02 Å². The number of nitrogens with zero attached hydrogens (tertiary/aromatic N) is 1. The molecule has 0 unspecified atom stereocenters. The van der Waals surface area contributed by atoms with Crippen LogP contribution in [0.15, 0.2) is 28.9 Å². The number of hydrogen-bond donors (Lipinski definition) is 2. The van der Waals surface area contributed by atoms with Crippen LogP contribution in [0.5, 0.6) is 0 Å². The first kappa shape index (κ1) is 11.6. The summed E-state index contributed by atoms with van der Waals surface area (Å²) >= 11 is 9.58. The van der Waals surface area contributed by atoms with Crippen molar-refractivity contribution in [2.24, 2.45) is 0 Å². The Hall–Kier alpha value is -0.840. The van der Waals surface area contributed by atoms with Crippen molar-refractivity contribution in [3.8, 4) is 11.3 Å². The zero-order valence-electron chi connectivity index (χ0n) is 8.72. The minimum absolute atomic E-state index is 0.705. The highest BCUT2D eigenvalue weighted by Gasteiger charge is 2.10. The lowest BCUT2D eigenvalue weighted by Gasteiger charge is -2.05. The van der Waals surface area contributed by atoms with Gasteiger partial charge in [0.1, 0.15) is 0 Å². The summed E-state index contributed by atoms with van der Waals surface area (Å²) in [5.74, 6) is 0. The van der Waals surface area contributed by atoms with Gasteiger partial charge in [0, 0.05) is 22.1 Å². The van der Waals surface area contributed by atoms with E-state index in [-0.39, 0.29) is 0 Å². The van der Waals surface area contributed by atoms with Gasteiger partial charge in [-0.3, -0.25) is 5.10 Å². The summed E-state index contributed by atoms with van der Waals surface area (Å²) in [6, 6.07) is 5.81. The summed E-state index contributed by atoms with van der Waals surface area (Å²) < 4.78 is 0.968. The maximum absolute atomic E-state index is 6.19. The second-order valence-corrected chi connectivity index (χ2v) is 4.75. The molecule has 0 radical (unpaired) electrons. The molecule has 2 rings (SSSR count). The first-order valence-corrected chi connectivity index (χ1v) is 6.01. The molecule has 16 heavy (non-hydrogen) atoms. The van der Waals surface area contributed by atoms with Gasteiger partial charge in [-0.2, -0.15) is 5.10 Å². The minimum atomic E-state index is 0.705. The lowest BCUT2D eigenvalue weighted by molar-refractivity contribution is 0.820. The summed E-state index contributed by atoms with van der Waals surface area (Å²) in [5, 5.41) is 10.8. The van der Waals surface area contributed by atoms with Crippen LogP contribution in [0.4, 0.5) is 0 Å². The lowest BCUT2D eigenvalue weighted by atomic mass is 10.1. The van der Waals surface area contributed by atoms with E-state index in [0.717, 1.165) is 27.8 Å². The van der Waals surface area contributed by atoms with Crippen LogP contribution in [0.3, 0.4) is 0 Å². The average molecular weight is 301 g/mol. The zero-order chi connectivity index (χ0) is 11.5. The minimum Gasteiger partial charge on any atom is -0.316 e.